The predicted octanol–water partition coefficient (Wildman–Crippen LogP) is 0.495. The minimum absolute atomic E-state index is 0.0276. The number of sulfonamides is 1. The fourth-order valence-electron chi connectivity index (χ4n) is 1.16. The van der Waals surface area contributed by atoms with Crippen LogP contribution >= 0.6 is 11.3 Å². The van der Waals surface area contributed by atoms with Gasteiger partial charge in [-0.25, -0.2) is 17.9 Å². The lowest BCUT2D eigenvalue weighted by atomic mass is 10.3. The van der Waals surface area contributed by atoms with Crippen molar-refractivity contribution < 1.29 is 23.4 Å². The largest absolute Gasteiger partial charge is 0.477 e. The molecule has 17 heavy (non-hydrogen) atoms. The Morgan fingerprint density at radius 1 is 1.53 bits per heavy atom. The third-order valence-corrected chi connectivity index (χ3v) is 5.13. The number of carbonyl (C=O) groups is 1. The molecule has 0 fully saturated rings. The molecule has 1 unspecified atom stereocenters. The lowest BCUT2D eigenvalue weighted by molar-refractivity contribution is 0.0702. The van der Waals surface area contributed by atoms with Gasteiger partial charge in [-0.1, -0.05) is 0 Å². The summed E-state index contributed by atoms with van der Waals surface area (Å²) in [7, 11) is -3.70. The van der Waals surface area contributed by atoms with Crippen LogP contribution in [0.2, 0.25) is 0 Å². The van der Waals surface area contributed by atoms with Crippen molar-refractivity contribution in [2.75, 3.05) is 6.61 Å². The van der Waals surface area contributed by atoms with Gasteiger partial charge in [-0.3, -0.25) is 0 Å². The van der Waals surface area contributed by atoms with Crippen molar-refractivity contribution >= 4 is 27.3 Å². The molecule has 0 aliphatic carbocycles. The number of carboxylic acid groups (broad SMARTS) is 1. The second-order valence-electron chi connectivity index (χ2n) is 3.46. The first-order valence-corrected chi connectivity index (χ1v) is 7.13. The van der Waals surface area contributed by atoms with Crippen LogP contribution in [0.4, 0.5) is 0 Å². The van der Waals surface area contributed by atoms with Crippen LogP contribution < -0.4 is 4.72 Å². The van der Waals surface area contributed by atoms with Gasteiger partial charge >= 0.3 is 5.97 Å². The van der Waals surface area contributed by atoms with Crippen molar-refractivity contribution in [3.63, 3.8) is 0 Å². The maximum Gasteiger partial charge on any atom is 0.345 e. The summed E-state index contributed by atoms with van der Waals surface area (Å²) in [6, 6.07) is 2.10. The Kier molecular flexibility index (Phi) is 4.63. The number of thiophene rings is 1. The SMILES string of the molecule is CC(CCO)NS(=O)(=O)c1ccc(C(=O)O)s1. The number of aromatic carboxylic acids is 1. The first kappa shape index (κ1) is 14.1. The highest BCUT2D eigenvalue weighted by Gasteiger charge is 2.20. The van der Waals surface area contributed by atoms with Gasteiger partial charge in [-0.2, -0.15) is 0 Å². The van der Waals surface area contributed by atoms with Crippen LogP contribution in [0, 0.1) is 0 Å². The second kappa shape index (κ2) is 5.58. The molecule has 1 heterocycles. The van der Waals surface area contributed by atoms with Crippen LogP contribution in [0.15, 0.2) is 16.3 Å². The Hall–Kier alpha value is -0.960. The van der Waals surface area contributed by atoms with Crippen LogP contribution in [0.3, 0.4) is 0 Å². The molecule has 0 bridgehead atoms. The Morgan fingerprint density at radius 3 is 2.65 bits per heavy atom. The van der Waals surface area contributed by atoms with E-state index in [1.54, 1.807) is 6.92 Å². The molecule has 3 N–H and O–H groups in total. The molecule has 8 heteroatoms. The number of carboxylic acids is 1. The van der Waals surface area contributed by atoms with Crippen LogP contribution in [-0.2, 0) is 10.0 Å². The van der Waals surface area contributed by atoms with Gasteiger partial charge in [-0.15, -0.1) is 11.3 Å². The quantitative estimate of drug-likeness (QED) is 0.703. The predicted molar refractivity (Wildman–Crippen MR) is 62.8 cm³/mol. The van der Waals surface area contributed by atoms with E-state index in [0.29, 0.717) is 17.8 Å². The summed E-state index contributed by atoms with van der Waals surface area (Å²) in [4.78, 5) is 10.6. The second-order valence-corrected chi connectivity index (χ2v) is 6.48. The zero-order valence-electron chi connectivity index (χ0n) is 9.08. The molecular weight excluding hydrogens is 266 g/mol. The summed E-state index contributed by atoms with van der Waals surface area (Å²) >= 11 is 0.695. The van der Waals surface area contributed by atoms with Crippen molar-refractivity contribution in [3.8, 4) is 0 Å². The normalized spacial score (nSPS) is 13.5. The number of aliphatic hydroxyl groups is 1. The zero-order chi connectivity index (χ0) is 13.1. The van der Waals surface area contributed by atoms with Gasteiger partial charge in [0.1, 0.15) is 9.09 Å². The van der Waals surface area contributed by atoms with Crippen molar-refractivity contribution in [3.05, 3.63) is 17.0 Å². The van der Waals surface area contributed by atoms with Gasteiger partial charge in [0.15, 0.2) is 0 Å². The van der Waals surface area contributed by atoms with Crippen LogP contribution in [0.25, 0.3) is 0 Å². The van der Waals surface area contributed by atoms with Gasteiger partial charge in [0.2, 0.25) is 10.0 Å². The van der Waals surface area contributed by atoms with Crippen LogP contribution in [0.5, 0.6) is 0 Å². The molecule has 0 saturated heterocycles. The highest BCUT2D eigenvalue weighted by atomic mass is 32.2. The van der Waals surface area contributed by atoms with Gasteiger partial charge < -0.3 is 10.2 Å². The lowest BCUT2D eigenvalue weighted by Gasteiger charge is -2.11. The molecule has 0 aromatic carbocycles. The highest BCUT2D eigenvalue weighted by Crippen LogP contribution is 2.21. The van der Waals surface area contributed by atoms with Gasteiger partial charge in [-0.05, 0) is 25.5 Å². The van der Waals surface area contributed by atoms with E-state index in [0.717, 1.165) is 0 Å². The average Bonchev–Trinajstić information content (AvgIpc) is 2.65. The summed E-state index contributed by atoms with van der Waals surface area (Å²) in [5.74, 6) is -1.15. The minimum Gasteiger partial charge on any atom is -0.477 e. The van der Waals surface area contributed by atoms with E-state index >= 15 is 0 Å². The topological polar surface area (TPSA) is 104 Å². The highest BCUT2D eigenvalue weighted by molar-refractivity contribution is 7.91. The molecule has 96 valence electrons. The van der Waals surface area contributed by atoms with Crippen molar-refractivity contribution in [2.24, 2.45) is 0 Å². The van der Waals surface area contributed by atoms with E-state index in [1.807, 2.05) is 0 Å². The summed E-state index contributed by atoms with van der Waals surface area (Å²) in [5, 5.41) is 17.4. The fraction of sp³-hybridized carbons (Fsp3) is 0.444. The average molecular weight is 279 g/mol. The number of hydrogen-bond acceptors (Lipinski definition) is 5. The molecule has 1 rings (SSSR count). The molecule has 1 aromatic heterocycles. The molecule has 0 aliphatic heterocycles. The fourth-order valence-corrected chi connectivity index (χ4v) is 3.59. The van der Waals surface area contributed by atoms with Crippen molar-refractivity contribution in [1.82, 2.24) is 4.72 Å². The van der Waals surface area contributed by atoms with Gasteiger partial charge in [0.05, 0.1) is 0 Å². The van der Waals surface area contributed by atoms with E-state index in [2.05, 4.69) is 4.72 Å². The molecule has 0 spiro atoms. The van der Waals surface area contributed by atoms with Crippen molar-refractivity contribution in [1.29, 1.82) is 0 Å². The maximum absolute atomic E-state index is 11.8. The van der Waals surface area contributed by atoms with Gasteiger partial charge in [0, 0.05) is 12.6 Å². The van der Waals surface area contributed by atoms with Crippen molar-refractivity contribution in [2.45, 2.75) is 23.6 Å². The van der Waals surface area contributed by atoms with E-state index in [1.165, 1.54) is 12.1 Å². The summed E-state index contributed by atoms with van der Waals surface area (Å²) in [6.45, 7) is 1.51. The minimum atomic E-state index is -3.70. The van der Waals surface area contributed by atoms with E-state index in [-0.39, 0.29) is 15.7 Å². The number of nitrogens with one attached hydrogen (secondary N) is 1. The number of hydrogen-bond donors (Lipinski definition) is 3. The molecule has 0 amide bonds. The molecule has 6 nitrogen and oxygen atoms in total. The zero-order valence-corrected chi connectivity index (χ0v) is 10.7. The lowest BCUT2D eigenvalue weighted by Crippen LogP contribution is -2.32. The molecular formula is C9H13NO5S2. The Bertz CT molecular complexity index is 493. The summed E-state index contributed by atoms with van der Waals surface area (Å²) < 4.78 is 25.9. The molecule has 1 aromatic rings. The standard InChI is InChI=1S/C9H13NO5S2/c1-6(4-5-11)10-17(14,15)8-3-2-7(16-8)9(12)13/h2-3,6,10-11H,4-5H2,1H3,(H,12,13). The summed E-state index contributed by atoms with van der Waals surface area (Å²) in [5.41, 5.74) is 0. The third-order valence-electron chi connectivity index (χ3n) is 1.98. The molecule has 0 saturated carbocycles. The number of rotatable bonds is 6. The number of aliphatic hydroxyl groups excluding tert-OH is 1. The van der Waals surface area contributed by atoms with Crippen LogP contribution in [-0.4, -0.2) is 37.2 Å². The Balaban J connectivity index is 2.86. The Morgan fingerprint density at radius 2 is 2.18 bits per heavy atom. The first-order valence-electron chi connectivity index (χ1n) is 4.83. The summed E-state index contributed by atoms with van der Waals surface area (Å²) in [6.07, 6.45) is 0.302. The Labute approximate surface area is 103 Å². The van der Waals surface area contributed by atoms with Gasteiger partial charge in [0.25, 0.3) is 0 Å². The smallest absolute Gasteiger partial charge is 0.345 e. The molecule has 0 aliphatic rings. The monoisotopic (exact) mass is 279 g/mol. The van der Waals surface area contributed by atoms with E-state index in [9.17, 15) is 13.2 Å². The molecule has 0 radical (unpaired) electrons. The third kappa shape index (κ3) is 3.77. The first-order chi connectivity index (χ1) is 7.86. The van der Waals surface area contributed by atoms with E-state index in [4.69, 9.17) is 10.2 Å². The maximum atomic E-state index is 11.8. The van der Waals surface area contributed by atoms with E-state index < -0.39 is 22.0 Å². The van der Waals surface area contributed by atoms with Crippen LogP contribution in [0.1, 0.15) is 23.0 Å². The molecule has 1 atom stereocenters.